The quantitative estimate of drug-likeness (QED) is 0.295. The molecule has 0 heterocycles. The Balaban J connectivity index is 0. The third-order valence-electron chi connectivity index (χ3n) is 1.80. The molecule has 0 atom stereocenters. The van der Waals surface area contributed by atoms with Crippen LogP contribution in [0.5, 0.6) is 0 Å². The summed E-state index contributed by atoms with van der Waals surface area (Å²) in [5.74, 6) is -3.71. The van der Waals surface area contributed by atoms with E-state index in [1.807, 2.05) is 0 Å². The Bertz CT molecular complexity index is 415. The molecule has 0 aliphatic rings. The number of alkyl halides is 3. The van der Waals surface area contributed by atoms with Gasteiger partial charge in [-0.2, -0.15) is 20.3 Å². The third kappa shape index (κ3) is 7.41. The second-order valence-electron chi connectivity index (χ2n) is 3.03. The number of Topliss-reactive ketones (excluding diaryl/α,β-unsaturated/α-hetero) is 2. The van der Waals surface area contributed by atoms with Gasteiger partial charge in [0.15, 0.2) is 5.78 Å². The van der Waals surface area contributed by atoms with E-state index in [0.29, 0.717) is 0 Å². The van der Waals surface area contributed by atoms with Crippen molar-refractivity contribution in [1.82, 2.24) is 0 Å². The average molecular weight is 288 g/mol. The molecule has 1 rings (SSSR count). The minimum Gasteiger partial charge on any atom is -0.857 e. The largest absolute Gasteiger partial charge is 1.00 e. The van der Waals surface area contributed by atoms with Gasteiger partial charge in [-0.1, -0.05) is 0 Å². The number of hydrogen-bond acceptors (Lipinski definition) is 3. The molecule has 0 unspecified atom stereocenters. The normalized spacial score (nSPS) is 9.79. The van der Waals surface area contributed by atoms with Crippen LogP contribution in [-0.4, -0.2) is 24.9 Å². The summed E-state index contributed by atoms with van der Waals surface area (Å²) in [6, 6.07) is 3.93. The molecule has 0 fully saturated rings. The first-order valence-electron chi connectivity index (χ1n) is 4.60. The Morgan fingerprint density at radius 2 is 1.53 bits per heavy atom. The second kappa shape index (κ2) is 9.19. The van der Waals surface area contributed by atoms with Crippen LogP contribution in [0.3, 0.4) is 0 Å². The molecular formula is C11H9F4NaO3. The van der Waals surface area contributed by atoms with Crippen LogP contribution in [0.1, 0.15) is 16.8 Å². The van der Waals surface area contributed by atoms with Gasteiger partial charge < -0.3 is 5.11 Å². The van der Waals surface area contributed by atoms with Gasteiger partial charge in [0.1, 0.15) is 5.82 Å². The van der Waals surface area contributed by atoms with Crippen LogP contribution in [0.2, 0.25) is 0 Å². The minimum absolute atomic E-state index is 0. The fourth-order valence-electron chi connectivity index (χ4n) is 0.984. The van der Waals surface area contributed by atoms with Crippen LogP contribution in [0, 0.1) is 5.82 Å². The first-order chi connectivity index (χ1) is 8.30. The van der Waals surface area contributed by atoms with E-state index >= 15 is 0 Å². The van der Waals surface area contributed by atoms with Crippen LogP contribution < -0.4 is 34.7 Å². The Morgan fingerprint density at radius 3 is 1.89 bits per heavy atom. The molecule has 3 nitrogen and oxygen atoms in total. The maximum atomic E-state index is 12.4. The molecule has 100 valence electrons. The molecule has 0 saturated heterocycles. The second-order valence-corrected chi connectivity index (χ2v) is 3.03. The van der Waals surface area contributed by atoms with E-state index in [1.165, 1.54) is 0 Å². The molecule has 0 aliphatic carbocycles. The van der Waals surface area contributed by atoms with Crippen molar-refractivity contribution in [1.29, 1.82) is 0 Å². The predicted octanol–water partition coefficient (Wildman–Crippen LogP) is -1.49. The van der Waals surface area contributed by atoms with E-state index in [1.54, 1.807) is 0 Å². The zero-order valence-electron chi connectivity index (χ0n) is 10.3. The minimum atomic E-state index is -5.02. The number of carbonyl (C=O) groups excluding carboxylic acids is 2. The smallest absolute Gasteiger partial charge is 0.857 e. The van der Waals surface area contributed by atoms with Gasteiger partial charge in [-0.15, -0.1) is 0 Å². The van der Waals surface area contributed by atoms with Crippen LogP contribution in [0.15, 0.2) is 24.3 Å². The Labute approximate surface area is 128 Å². The zero-order valence-corrected chi connectivity index (χ0v) is 12.3. The summed E-state index contributed by atoms with van der Waals surface area (Å²) in [5, 5.41) is 8.25. The predicted molar refractivity (Wildman–Crippen MR) is 52.3 cm³/mol. The molecule has 1 aromatic carbocycles. The SMILES string of the molecule is C[O-].O=C(CC(=O)C(F)(F)F)c1ccc(F)cc1.[Na+]. The van der Waals surface area contributed by atoms with E-state index in [4.69, 9.17) is 5.11 Å². The Morgan fingerprint density at radius 1 is 1.11 bits per heavy atom. The Hall–Kier alpha value is -0.760. The summed E-state index contributed by atoms with van der Waals surface area (Å²) in [6.45, 7) is 0. The van der Waals surface area contributed by atoms with Gasteiger partial charge in [0.05, 0.1) is 6.42 Å². The van der Waals surface area contributed by atoms with Crippen molar-refractivity contribution in [2.45, 2.75) is 12.6 Å². The van der Waals surface area contributed by atoms with E-state index in [9.17, 15) is 27.2 Å². The van der Waals surface area contributed by atoms with Gasteiger partial charge in [-0.3, -0.25) is 9.59 Å². The molecule has 0 bridgehead atoms. The van der Waals surface area contributed by atoms with E-state index in [0.717, 1.165) is 31.4 Å². The molecule has 0 saturated carbocycles. The molecule has 0 amide bonds. The molecule has 8 heteroatoms. The van der Waals surface area contributed by atoms with Gasteiger partial charge >= 0.3 is 35.7 Å². The monoisotopic (exact) mass is 288 g/mol. The van der Waals surface area contributed by atoms with Crippen molar-refractivity contribution in [3.05, 3.63) is 35.6 Å². The topological polar surface area (TPSA) is 57.2 Å². The molecule has 1 aromatic rings. The summed E-state index contributed by atoms with van der Waals surface area (Å²) in [4.78, 5) is 21.7. The van der Waals surface area contributed by atoms with Gasteiger partial charge in [0.2, 0.25) is 5.78 Å². The maximum Gasteiger partial charge on any atom is 1.00 e. The molecule has 0 aliphatic heterocycles. The number of rotatable bonds is 3. The van der Waals surface area contributed by atoms with E-state index in [2.05, 4.69) is 0 Å². The van der Waals surface area contributed by atoms with Gasteiger partial charge in [-0.05, 0) is 24.3 Å². The standard InChI is InChI=1S/C10H6F4O2.CH3O.Na/c11-7-3-1-6(2-4-7)8(15)5-9(16)10(12,13)14;1-2;/h1-4H,5H2;1H3;/q;-1;+1. The van der Waals surface area contributed by atoms with Crippen molar-refractivity contribution in [3.8, 4) is 0 Å². The summed E-state index contributed by atoms with van der Waals surface area (Å²) in [6.07, 6.45) is -6.27. The third-order valence-corrected chi connectivity index (χ3v) is 1.80. The van der Waals surface area contributed by atoms with Crippen molar-refractivity contribution >= 4 is 11.6 Å². The number of carbonyl (C=O) groups is 2. The molecule has 0 radical (unpaired) electrons. The number of benzene rings is 1. The zero-order chi connectivity index (χ0) is 14.3. The first kappa shape index (κ1) is 20.6. The number of hydrogen-bond donors (Lipinski definition) is 0. The maximum absolute atomic E-state index is 12.4. The first-order valence-corrected chi connectivity index (χ1v) is 4.60. The van der Waals surface area contributed by atoms with Crippen LogP contribution in [0.4, 0.5) is 17.6 Å². The van der Waals surface area contributed by atoms with Crippen molar-refractivity contribution in [2.75, 3.05) is 7.11 Å². The average Bonchev–Trinajstić information content (AvgIpc) is 2.31. The molecule has 0 aromatic heterocycles. The summed E-state index contributed by atoms with van der Waals surface area (Å²) in [5.41, 5.74) is -0.126. The van der Waals surface area contributed by atoms with E-state index < -0.39 is 30.0 Å². The van der Waals surface area contributed by atoms with Crippen molar-refractivity contribution in [2.24, 2.45) is 0 Å². The summed E-state index contributed by atoms with van der Waals surface area (Å²) < 4.78 is 47.9. The van der Waals surface area contributed by atoms with Crippen LogP contribution in [0.25, 0.3) is 0 Å². The molecule has 0 N–H and O–H groups in total. The summed E-state index contributed by atoms with van der Waals surface area (Å²) in [7, 11) is 0.750. The van der Waals surface area contributed by atoms with Crippen LogP contribution >= 0.6 is 0 Å². The van der Waals surface area contributed by atoms with E-state index in [-0.39, 0.29) is 35.1 Å². The van der Waals surface area contributed by atoms with Gasteiger partial charge in [0, 0.05) is 5.56 Å². The van der Waals surface area contributed by atoms with Gasteiger partial charge in [0.25, 0.3) is 0 Å². The van der Waals surface area contributed by atoms with Gasteiger partial charge in [-0.25, -0.2) is 4.39 Å². The fraction of sp³-hybridized carbons (Fsp3) is 0.273. The van der Waals surface area contributed by atoms with Crippen LogP contribution in [-0.2, 0) is 4.79 Å². The number of ketones is 2. The number of halogens is 4. The van der Waals surface area contributed by atoms with Crippen molar-refractivity contribution < 1.29 is 61.8 Å². The molecule has 19 heavy (non-hydrogen) atoms. The summed E-state index contributed by atoms with van der Waals surface area (Å²) >= 11 is 0. The molecule has 0 spiro atoms. The van der Waals surface area contributed by atoms with Crippen molar-refractivity contribution in [3.63, 3.8) is 0 Å². The Kier molecular flexibility index (Phi) is 9.95. The fourth-order valence-corrected chi connectivity index (χ4v) is 0.984. The molecular weight excluding hydrogens is 279 g/mol.